The van der Waals surface area contributed by atoms with E-state index in [2.05, 4.69) is 42.3 Å². The van der Waals surface area contributed by atoms with Gasteiger partial charge in [-0.1, -0.05) is 63.4 Å². The molecule has 1 amide bonds. The molecule has 1 heterocycles. The molecular weight excluding hydrogens is 363 g/mol. The van der Waals surface area contributed by atoms with Crippen molar-refractivity contribution in [2.75, 3.05) is 6.54 Å². The van der Waals surface area contributed by atoms with Crippen molar-refractivity contribution in [1.29, 1.82) is 0 Å². The first kappa shape index (κ1) is 21.1. The number of fused-ring (bicyclic) bond motifs is 1. The van der Waals surface area contributed by atoms with Crippen LogP contribution in [-0.2, 0) is 11.2 Å². The van der Waals surface area contributed by atoms with E-state index in [0.29, 0.717) is 13.0 Å². The van der Waals surface area contributed by atoms with Crippen molar-refractivity contribution >= 4 is 16.8 Å². The topological polar surface area (TPSA) is 44.9 Å². The minimum Gasteiger partial charge on any atom is -0.361 e. The van der Waals surface area contributed by atoms with Crippen molar-refractivity contribution in [3.63, 3.8) is 0 Å². The van der Waals surface area contributed by atoms with Gasteiger partial charge in [0.25, 0.3) is 0 Å². The molecule has 0 saturated heterocycles. The number of carbonyl (C=O) groups is 1. The highest BCUT2D eigenvalue weighted by Crippen LogP contribution is 2.34. The average Bonchev–Trinajstić information content (AvgIpc) is 3.16. The van der Waals surface area contributed by atoms with E-state index in [1.54, 1.807) is 12.1 Å². The summed E-state index contributed by atoms with van der Waals surface area (Å²) in [7, 11) is 0. The van der Waals surface area contributed by atoms with Crippen LogP contribution in [0.3, 0.4) is 0 Å². The Morgan fingerprint density at radius 1 is 1.10 bits per heavy atom. The van der Waals surface area contributed by atoms with Gasteiger partial charge in [-0.3, -0.25) is 4.79 Å². The first-order chi connectivity index (χ1) is 14.1. The van der Waals surface area contributed by atoms with Gasteiger partial charge >= 0.3 is 0 Å². The predicted octanol–water partition coefficient (Wildman–Crippen LogP) is 6.09. The van der Waals surface area contributed by atoms with Gasteiger partial charge in [-0.15, -0.1) is 0 Å². The van der Waals surface area contributed by atoms with Crippen LogP contribution in [0.15, 0.2) is 48.7 Å². The van der Waals surface area contributed by atoms with E-state index in [-0.39, 0.29) is 17.6 Å². The molecule has 0 unspecified atom stereocenters. The van der Waals surface area contributed by atoms with Crippen LogP contribution in [-0.4, -0.2) is 17.4 Å². The van der Waals surface area contributed by atoms with Gasteiger partial charge in [0, 0.05) is 36.0 Å². The summed E-state index contributed by atoms with van der Waals surface area (Å²) in [6.07, 6.45) is 7.71. The number of nitrogens with one attached hydrogen (secondary N) is 2. The zero-order valence-electron chi connectivity index (χ0n) is 17.4. The number of benzene rings is 2. The number of aromatic amines is 1. The third-order valence-corrected chi connectivity index (χ3v) is 5.58. The summed E-state index contributed by atoms with van der Waals surface area (Å²) in [5, 5.41) is 4.15. The minimum absolute atomic E-state index is 0.0109. The fourth-order valence-corrected chi connectivity index (χ4v) is 3.99. The monoisotopic (exact) mass is 394 g/mol. The molecule has 1 aromatic heterocycles. The van der Waals surface area contributed by atoms with Gasteiger partial charge in [0.15, 0.2) is 0 Å². The number of para-hydroxylation sites is 1. The summed E-state index contributed by atoms with van der Waals surface area (Å²) in [5.41, 5.74) is 4.22. The SMILES string of the molecule is CCCCCCNC(=O)C[C@@H](c1cccc(F)c1)c1c[nH]c2c(CC)cccc12. The molecule has 154 valence electrons. The lowest BCUT2D eigenvalue weighted by Crippen LogP contribution is -2.26. The molecule has 0 spiro atoms. The highest BCUT2D eigenvalue weighted by atomic mass is 19.1. The van der Waals surface area contributed by atoms with Crippen LogP contribution in [0, 0.1) is 5.82 Å². The Kier molecular flexibility index (Phi) is 7.45. The number of unbranched alkanes of at least 4 members (excludes halogenated alkanes) is 3. The Balaban J connectivity index is 1.86. The largest absolute Gasteiger partial charge is 0.361 e. The zero-order valence-corrected chi connectivity index (χ0v) is 17.4. The zero-order chi connectivity index (χ0) is 20.6. The van der Waals surface area contributed by atoms with Crippen molar-refractivity contribution in [3.8, 4) is 0 Å². The van der Waals surface area contributed by atoms with Crippen molar-refractivity contribution < 1.29 is 9.18 Å². The van der Waals surface area contributed by atoms with Gasteiger partial charge in [-0.2, -0.15) is 0 Å². The molecule has 29 heavy (non-hydrogen) atoms. The molecule has 0 aliphatic rings. The molecule has 3 aromatic rings. The second-order valence-electron chi connectivity index (χ2n) is 7.66. The van der Waals surface area contributed by atoms with E-state index in [1.165, 1.54) is 24.5 Å². The summed E-state index contributed by atoms with van der Waals surface area (Å²) < 4.78 is 14.0. The van der Waals surface area contributed by atoms with E-state index < -0.39 is 0 Å². The summed E-state index contributed by atoms with van der Waals surface area (Å²) in [4.78, 5) is 16.1. The molecule has 0 fully saturated rings. The quantitative estimate of drug-likeness (QED) is 0.402. The second kappa shape index (κ2) is 10.2. The maximum Gasteiger partial charge on any atom is 0.220 e. The van der Waals surface area contributed by atoms with E-state index in [1.807, 2.05) is 12.3 Å². The van der Waals surface area contributed by atoms with Crippen molar-refractivity contribution in [1.82, 2.24) is 10.3 Å². The Bertz CT molecular complexity index is 947. The normalized spacial score (nSPS) is 12.2. The number of amides is 1. The fourth-order valence-electron chi connectivity index (χ4n) is 3.99. The lowest BCUT2D eigenvalue weighted by molar-refractivity contribution is -0.121. The van der Waals surface area contributed by atoms with Gasteiger partial charge < -0.3 is 10.3 Å². The Hall–Kier alpha value is -2.62. The number of aryl methyl sites for hydroxylation is 1. The van der Waals surface area contributed by atoms with Crippen molar-refractivity contribution in [2.24, 2.45) is 0 Å². The van der Waals surface area contributed by atoms with Crippen LogP contribution >= 0.6 is 0 Å². The number of halogens is 1. The number of rotatable bonds is 10. The number of hydrogen-bond donors (Lipinski definition) is 2. The fraction of sp³-hybridized carbons (Fsp3) is 0.400. The van der Waals surface area contributed by atoms with Crippen LogP contribution in [0.2, 0.25) is 0 Å². The highest BCUT2D eigenvalue weighted by Gasteiger charge is 2.22. The smallest absolute Gasteiger partial charge is 0.220 e. The number of carbonyl (C=O) groups excluding carboxylic acids is 1. The molecule has 0 aliphatic heterocycles. The minimum atomic E-state index is -0.276. The molecular formula is C25H31FN2O. The molecule has 0 aliphatic carbocycles. The maximum absolute atomic E-state index is 14.0. The number of H-pyrrole nitrogens is 1. The predicted molar refractivity (Wildman–Crippen MR) is 118 cm³/mol. The van der Waals surface area contributed by atoms with Crippen LogP contribution in [0.5, 0.6) is 0 Å². The Labute approximate surface area is 172 Å². The molecule has 2 N–H and O–H groups in total. The highest BCUT2D eigenvalue weighted by molar-refractivity contribution is 5.88. The van der Waals surface area contributed by atoms with E-state index >= 15 is 0 Å². The summed E-state index contributed by atoms with van der Waals surface area (Å²) in [6, 6.07) is 12.9. The van der Waals surface area contributed by atoms with Crippen LogP contribution in [0.1, 0.15) is 68.6 Å². The molecule has 0 bridgehead atoms. The summed E-state index contributed by atoms with van der Waals surface area (Å²) in [5.74, 6) is -0.458. The van der Waals surface area contributed by atoms with Crippen LogP contribution in [0.4, 0.5) is 4.39 Å². The lowest BCUT2D eigenvalue weighted by Gasteiger charge is -2.17. The van der Waals surface area contributed by atoms with Gasteiger partial charge in [-0.05, 0) is 41.7 Å². The van der Waals surface area contributed by atoms with E-state index in [9.17, 15) is 9.18 Å². The van der Waals surface area contributed by atoms with E-state index in [0.717, 1.165) is 41.3 Å². The lowest BCUT2D eigenvalue weighted by atomic mass is 9.87. The molecule has 2 aromatic carbocycles. The molecule has 4 heteroatoms. The summed E-state index contributed by atoms with van der Waals surface area (Å²) >= 11 is 0. The Morgan fingerprint density at radius 3 is 2.69 bits per heavy atom. The first-order valence-electron chi connectivity index (χ1n) is 10.7. The van der Waals surface area contributed by atoms with Crippen LogP contribution < -0.4 is 5.32 Å². The maximum atomic E-state index is 14.0. The average molecular weight is 395 g/mol. The van der Waals surface area contributed by atoms with Gasteiger partial charge in [0.2, 0.25) is 5.91 Å². The molecule has 0 saturated carbocycles. The molecule has 3 rings (SSSR count). The standard InChI is InChI=1S/C25H31FN2O/c1-3-5-6-7-14-27-24(29)16-22(19-11-8-12-20(26)15-19)23-17-28-25-18(4-2)10-9-13-21(23)25/h8-13,15,17,22,28H,3-7,14,16H2,1-2H3,(H,27,29)/t22-/m0/s1. The van der Waals surface area contributed by atoms with Crippen molar-refractivity contribution in [2.45, 2.75) is 58.3 Å². The molecule has 1 atom stereocenters. The molecule has 3 nitrogen and oxygen atoms in total. The molecule has 0 radical (unpaired) electrons. The van der Waals surface area contributed by atoms with Gasteiger partial charge in [0.05, 0.1) is 0 Å². The van der Waals surface area contributed by atoms with Crippen molar-refractivity contribution in [3.05, 3.63) is 71.2 Å². The second-order valence-corrected chi connectivity index (χ2v) is 7.66. The third kappa shape index (κ3) is 5.26. The number of aromatic nitrogens is 1. The van der Waals surface area contributed by atoms with Crippen LogP contribution in [0.25, 0.3) is 10.9 Å². The van der Waals surface area contributed by atoms with E-state index in [4.69, 9.17) is 0 Å². The number of hydrogen-bond acceptors (Lipinski definition) is 1. The third-order valence-electron chi connectivity index (χ3n) is 5.58. The summed E-state index contributed by atoms with van der Waals surface area (Å²) in [6.45, 7) is 5.00. The first-order valence-corrected chi connectivity index (χ1v) is 10.7. The van der Waals surface area contributed by atoms with Gasteiger partial charge in [0.1, 0.15) is 5.82 Å². The Morgan fingerprint density at radius 2 is 1.93 bits per heavy atom. The van der Waals surface area contributed by atoms with Gasteiger partial charge in [-0.25, -0.2) is 4.39 Å².